The van der Waals surface area contributed by atoms with Crippen molar-refractivity contribution in [2.45, 2.75) is 51.6 Å². The number of nitrogens with zero attached hydrogens (tertiary/aromatic N) is 5. The first kappa shape index (κ1) is 20.8. The number of imidazole rings is 1. The van der Waals surface area contributed by atoms with Crippen molar-refractivity contribution >= 4 is 11.6 Å². The van der Waals surface area contributed by atoms with E-state index in [2.05, 4.69) is 35.2 Å². The number of hydrogen-bond acceptors (Lipinski definition) is 4. The molecule has 1 aliphatic rings. The second kappa shape index (κ2) is 9.52. The summed E-state index contributed by atoms with van der Waals surface area (Å²) < 4.78 is 2.07. The molecule has 3 heterocycles. The Morgan fingerprint density at radius 1 is 1.29 bits per heavy atom. The van der Waals surface area contributed by atoms with Crippen LogP contribution in [0.2, 0.25) is 0 Å². The first-order valence-corrected chi connectivity index (χ1v) is 10.6. The SMILES string of the molecule is CCCCN(C)C(=O)c1nc2ccccn2c1CN(C)C[C@H]1CCCCN1C. The van der Waals surface area contributed by atoms with Crippen molar-refractivity contribution in [1.82, 2.24) is 24.1 Å². The first-order chi connectivity index (χ1) is 13.5. The molecule has 1 aliphatic heterocycles. The topological polar surface area (TPSA) is 44.1 Å². The van der Waals surface area contributed by atoms with Crippen LogP contribution < -0.4 is 0 Å². The molecule has 3 rings (SSSR count). The number of likely N-dealkylation sites (N-methyl/N-ethyl adjacent to an activating group) is 2. The zero-order valence-electron chi connectivity index (χ0n) is 17.9. The minimum absolute atomic E-state index is 0.0235. The number of piperidine rings is 1. The predicted molar refractivity (Wildman–Crippen MR) is 114 cm³/mol. The normalized spacial score (nSPS) is 18.1. The summed E-state index contributed by atoms with van der Waals surface area (Å²) in [5.41, 5.74) is 2.42. The summed E-state index contributed by atoms with van der Waals surface area (Å²) in [7, 11) is 6.26. The van der Waals surface area contributed by atoms with Gasteiger partial charge in [-0.1, -0.05) is 25.8 Å². The van der Waals surface area contributed by atoms with Gasteiger partial charge in [0.2, 0.25) is 0 Å². The van der Waals surface area contributed by atoms with Crippen LogP contribution in [0, 0.1) is 0 Å². The van der Waals surface area contributed by atoms with E-state index in [0.717, 1.165) is 43.8 Å². The monoisotopic (exact) mass is 385 g/mol. The minimum atomic E-state index is 0.0235. The van der Waals surface area contributed by atoms with Gasteiger partial charge in [0.15, 0.2) is 5.69 Å². The number of amides is 1. The van der Waals surface area contributed by atoms with E-state index in [-0.39, 0.29) is 5.91 Å². The Hall–Kier alpha value is -1.92. The largest absolute Gasteiger partial charge is 0.340 e. The molecule has 0 spiro atoms. The molecule has 28 heavy (non-hydrogen) atoms. The Kier molecular flexibility index (Phi) is 7.08. The predicted octanol–water partition coefficient (Wildman–Crippen LogP) is 3.12. The highest BCUT2D eigenvalue weighted by molar-refractivity contribution is 5.94. The van der Waals surface area contributed by atoms with Crippen LogP contribution in [0.1, 0.15) is 55.2 Å². The van der Waals surface area contributed by atoms with E-state index in [0.29, 0.717) is 11.7 Å². The average molecular weight is 386 g/mol. The highest BCUT2D eigenvalue weighted by Crippen LogP contribution is 2.19. The number of carbonyl (C=O) groups excluding carboxylic acids is 1. The van der Waals surface area contributed by atoms with Crippen molar-refractivity contribution in [3.05, 3.63) is 35.8 Å². The number of rotatable bonds is 8. The summed E-state index contributed by atoms with van der Waals surface area (Å²) in [6, 6.07) is 6.54. The molecule has 0 aromatic carbocycles. The van der Waals surface area contributed by atoms with Crippen LogP contribution in [0.3, 0.4) is 0 Å². The third-order valence-corrected chi connectivity index (χ3v) is 5.89. The van der Waals surface area contributed by atoms with Gasteiger partial charge in [0, 0.05) is 38.9 Å². The molecule has 0 radical (unpaired) electrons. The maximum atomic E-state index is 13.1. The van der Waals surface area contributed by atoms with E-state index in [1.807, 2.05) is 36.3 Å². The Labute approximate surface area is 169 Å². The van der Waals surface area contributed by atoms with Crippen LogP contribution in [0.15, 0.2) is 24.4 Å². The highest BCUT2D eigenvalue weighted by atomic mass is 16.2. The van der Waals surface area contributed by atoms with Crippen LogP contribution in [0.25, 0.3) is 5.65 Å². The van der Waals surface area contributed by atoms with Gasteiger partial charge < -0.3 is 14.2 Å². The number of fused-ring (bicyclic) bond motifs is 1. The molecule has 0 N–H and O–H groups in total. The molecule has 1 saturated heterocycles. The van der Waals surface area contributed by atoms with Gasteiger partial charge in [-0.2, -0.15) is 0 Å². The van der Waals surface area contributed by atoms with Crippen LogP contribution >= 0.6 is 0 Å². The van der Waals surface area contributed by atoms with Gasteiger partial charge in [-0.3, -0.25) is 9.69 Å². The Bertz CT molecular complexity index is 786. The molecule has 0 aliphatic carbocycles. The summed E-state index contributed by atoms with van der Waals surface area (Å²) in [6.45, 7) is 5.82. The van der Waals surface area contributed by atoms with Crippen molar-refractivity contribution in [2.24, 2.45) is 0 Å². The van der Waals surface area contributed by atoms with Gasteiger partial charge in [-0.15, -0.1) is 0 Å². The number of aromatic nitrogens is 2. The van der Waals surface area contributed by atoms with Crippen molar-refractivity contribution in [1.29, 1.82) is 0 Å². The molecular formula is C22H35N5O. The van der Waals surface area contributed by atoms with Crippen molar-refractivity contribution in [3.8, 4) is 0 Å². The summed E-state index contributed by atoms with van der Waals surface area (Å²) >= 11 is 0. The van der Waals surface area contributed by atoms with Gasteiger partial charge in [0.25, 0.3) is 5.91 Å². The maximum absolute atomic E-state index is 13.1. The van der Waals surface area contributed by atoms with Gasteiger partial charge in [-0.05, 0) is 52.0 Å². The number of pyridine rings is 1. The average Bonchev–Trinajstić information content (AvgIpc) is 3.05. The van der Waals surface area contributed by atoms with E-state index in [1.165, 1.54) is 25.8 Å². The summed E-state index contributed by atoms with van der Waals surface area (Å²) in [4.78, 5) is 24.4. The molecule has 1 fully saturated rings. The second-order valence-electron chi connectivity index (χ2n) is 8.24. The second-order valence-corrected chi connectivity index (χ2v) is 8.24. The molecule has 6 heteroatoms. The van der Waals surface area contributed by atoms with Gasteiger partial charge in [0.05, 0.1) is 5.69 Å². The smallest absolute Gasteiger partial charge is 0.274 e. The zero-order chi connectivity index (χ0) is 20.1. The third kappa shape index (κ3) is 4.73. The molecular weight excluding hydrogens is 350 g/mol. The van der Waals surface area contributed by atoms with E-state index in [9.17, 15) is 4.79 Å². The number of unbranched alkanes of at least 4 members (excludes halogenated alkanes) is 1. The van der Waals surface area contributed by atoms with Gasteiger partial charge in [-0.25, -0.2) is 4.98 Å². The fourth-order valence-electron chi connectivity index (χ4n) is 4.10. The van der Waals surface area contributed by atoms with E-state index in [4.69, 9.17) is 4.98 Å². The molecule has 2 aromatic rings. The zero-order valence-corrected chi connectivity index (χ0v) is 17.9. The fraction of sp³-hybridized carbons (Fsp3) is 0.636. The lowest BCUT2D eigenvalue weighted by Crippen LogP contribution is -2.43. The van der Waals surface area contributed by atoms with Crippen molar-refractivity contribution < 1.29 is 4.79 Å². The number of hydrogen-bond donors (Lipinski definition) is 0. The van der Waals surface area contributed by atoms with Crippen LogP contribution in [-0.2, 0) is 6.54 Å². The lowest BCUT2D eigenvalue weighted by Gasteiger charge is -2.35. The summed E-state index contributed by atoms with van der Waals surface area (Å²) in [5.74, 6) is 0.0235. The Morgan fingerprint density at radius 3 is 2.86 bits per heavy atom. The minimum Gasteiger partial charge on any atom is -0.340 e. The maximum Gasteiger partial charge on any atom is 0.274 e. The Balaban J connectivity index is 1.81. The lowest BCUT2D eigenvalue weighted by atomic mass is 10.0. The molecule has 1 amide bonds. The summed E-state index contributed by atoms with van der Waals surface area (Å²) in [5, 5.41) is 0. The number of carbonyl (C=O) groups is 1. The molecule has 0 saturated carbocycles. The standard InChI is InChI=1S/C22H35N5O/c1-5-6-13-26(4)22(28)21-19(27-15-10-8-12-20(27)23-21)17-24(2)16-18-11-7-9-14-25(18)3/h8,10,12,15,18H,5-7,9,11,13-14,16-17H2,1-4H3/t18-/m1/s1. The van der Waals surface area contributed by atoms with Crippen LogP contribution in [0.5, 0.6) is 0 Å². The van der Waals surface area contributed by atoms with Gasteiger partial charge >= 0.3 is 0 Å². The van der Waals surface area contributed by atoms with E-state index in [1.54, 1.807) is 0 Å². The fourth-order valence-corrected chi connectivity index (χ4v) is 4.10. The van der Waals surface area contributed by atoms with Crippen molar-refractivity contribution in [2.75, 3.05) is 40.8 Å². The van der Waals surface area contributed by atoms with E-state index >= 15 is 0 Å². The lowest BCUT2D eigenvalue weighted by molar-refractivity contribution is 0.0785. The molecule has 154 valence electrons. The van der Waals surface area contributed by atoms with E-state index < -0.39 is 0 Å². The van der Waals surface area contributed by atoms with Gasteiger partial charge in [0.1, 0.15) is 5.65 Å². The molecule has 6 nitrogen and oxygen atoms in total. The molecule has 0 unspecified atom stereocenters. The number of likely N-dealkylation sites (tertiary alicyclic amines) is 1. The summed E-state index contributed by atoms with van der Waals surface area (Å²) in [6.07, 6.45) is 7.96. The molecule has 0 bridgehead atoms. The van der Waals surface area contributed by atoms with Crippen LogP contribution in [-0.4, -0.2) is 76.8 Å². The highest BCUT2D eigenvalue weighted by Gasteiger charge is 2.25. The molecule has 1 atom stereocenters. The van der Waals surface area contributed by atoms with Crippen molar-refractivity contribution in [3.63, 3.8) is 0 Å². The third-order valence-electron chi connectivity index (χ3n) is 5.89. The molecule has 2 aromatic heterocycles. The van der Waals surface area contributed by atoms with Crippen LogP contribution in [0.4, 0.5) is 0 Å². The Morgan fingerprint density at radius 2 is 2.11 bits per heavy atom. The first-order valence-electron chi connectivity index (χ1n) is 10.6. The quantitative estimate of drug-likeness (QED) is 0.700.